The van der Waals surface area contributed by atoms with Gasteiger partial charge >= 0.3 is 0 Å². The summed E-state index contributed by atoms with van der Waals surface area (Å²) in [5.74, 6) is 0.446. The highest BCUT2D eigenvalue weighted by molar-refractivity contribution is 9.10. The van der Waals surface area contributed by atoms with Gasteiger partial charge in [0, 0.05) is 29.7 Å². The van der Waals surface area contributed by atoms with Crippen molar-refractivity contribution in [2.75, 3.05) is 44.7 Å². The molecule has 0 amide bonds. The maximum Gasteiger partial charge on any atom is 0.233 e. The summed E-state index contributed by atoms with van der Waals surface area (Å²) >= 11 is 3.35. The average Bonchev–Trinajstić information content (AvgIpc) is 3.23. The lowest BCUT2D eigenvalue weighted by atomic mass is 10.1. The van der Waals surface area contributed by atoms with E-state index in [9.17, 15) is 8.42 Å². The van der Waals surface area contributed by atoms with Crippen molar-refractivity contribution in [3.8, 4) is 11.5 Å². The van der Waals surface area contributed by atoms with Crippen molar-refractivity contribution in [3.63, 3.8) is 0 Å². The van der Waals surface area contributed by atoms with Gasteiger partial charge in [0.1, 0.15) is 0 Å². The van der Waals surface area contributed by atoms with Gasteiger partial charge in [0.2, 0.25) is 26.6 Å². The summed E-state index contributed by atoms with van der Waals surface area (Å²) in [6.45, 7) is 6.82. The number of benzene rings is 2. The average molecular weight is 520 g/mol. The van der Waals surface area contributed by atoms with Crippen LogP contribution in [0.25, 0.3) is 11.5 Å². The molecule has 0 saturated carbocycles. The van der Waals surface area contributed by atoms with Crippen LogP contribution in [0.3, 0.4) is 0 Å². The fourth-order valence-electron chi connectivity index (χ4n) is 3.47. The predicted octanol–water partition coefficient (Wildman–Crippen LogP) is 4.38. The molecule has 0 bridgehead atoms. The third-order valence-electron chi connectivity index (χ3n) is 5.31. The first-order valence-corrected chi connectivity index (χ1v) is 12.8. The van der Waals surface area contributed by atoms with Crippen LogP contribution in [-0.2, 0) is 14.6 Å². The van der Waals surface area contributed by atoms with Crippen LogP contribution < -0.4 is 5.32 Å². The maximum absolute atomic E-state index is 13.3. The first-order chi connectivity index (χ1) is 15.4. The van der Waals surface area contributed by atoms with Crippen molar-refractivity contribution >= 4 is 31.7 Å². The van der Waals surface area contributed by atoms with E-state index >= 15 is 0 Å². The van der Waals surface area contributed by atoms with Crippen LogP contribution in [0.15, 0.2) is 67.3 Å². The second kappa shape index (κ2) is 10.2. The van der Waals surface area contributed by atoms with Gasteiger partial charge in [0.25, 0.3) is 0 Å². The van der Waals surface area contributed by atoms with Crippen LogP contribution >= 0.6 is 15.9 Å². The van der Waals surface area contributed by atoms with E-state index in [1.807, 2.05) is 31.2 Å². The minimum Gasteiger partial charge on any atom is -0.419 e. The molecule has 1 aliphatic rings. The highest BCUT2D eigenvalue weighted by Crippen LogP contribution is 2.32. The second-order valence-electron chi connectivity index (χ2n) is 7.71. The van der Waals surface area contributed by atoms with Gasteiger partial charge in [0.15, 0.2) is 0 Å². The number of aryl methyl sites for hydroxylation is 1. The maximum atomic E-state index is 13.3. The predicted molar refractivity (Wildman–Crippen MR) is 127 cm³/mol. The molecule has 0 spiro atoms. The largest absolute Gasteiger partial charge is 0.419 e. The van der Waals surface area contributed by atoms with Crippen molar-refractivity contribution in [2.45, 2.75) is 23.3 Å². The summed E-state index contributed by atoms with van der Waals surface area (Å²) in [6, 6.07) is 14.1. The molecule has 3 aromatic rings. The van der Waals surface area contributed by atoms with E-state index in [0.29, 0.717) is 6.54 Å². The summed E-state index contributed by atoms with van der Waals surface area (Å²) in [5, 5.41) is 3.07. The van der Waals surface area contributed by atoms with E-state index < -0.39 is 9.84 Å². The fraction of sp³-hybridized carbons (Fsp3) is 0.348. The first kappa shape index (κ1) is 23.0. The molecule has 2 aromatic carbocycles. The second-order valence-corrected chi connectivity index (χ2v) is 10.5. The van der Waals surface area contributed by atoms with E-state index in [4.69, 9.17) is 9.15 Å². The molecule has 170 valence electrons. The van der Waals surface area contributed by atoms with Crippen molar-refractivity contribution in [3.05, 3.63) is 58.6 Å². The highest BCUT2D eigenvalue weighted by atomic mass is 79.9. The molecule has 0 radical (unpaired) electrons. The Morgan fingerprint density at radius 2 is 1.75 bits per heavy atom. The number of hydrogen-bond acceptors (Lipinski definition) is 7. The Bertz CT molecular complexity index is 1140. The number of hydrogen-bond donors (Lipinski definition) is 1. The van der Waals surface area contributed by atoms with Gasteiger partial charge in [-0.2, -0.15) is 4.98 Å². The van der Waals surface area contributed by atoms with Gasteiger partial charge in [0.05, 0.1) is 18.1 Å². The van der Waals surface area contributed by atoms with Crippen LogP contribution in [0.5, 0.6) is 0 Å². The number of sulfone groups is 1. The highest BCUT2D eigenvalue weighted by Gasteiger charge is 2.28. The van der Waals surface area contributed by atoms with E-state index in [2.05, 4.69) is 31.1 Å². The van der Waals surface area contributed by atoms with E-state index in [1.54, 1.807) is 24.3 Å². The number of oxazole rings is 1. The molecule has 1 aliphatic heterocycles. The number of rotatable bonds is 8. The summed E-state index contributed by atoms with van der Waals surface area (Å²) < 4.78 is 38.8. The van der Waals surface area contributed by atoms with Gasteiger partial charge in [-0.25, -0.2) is 8.42 Å². The Morgan fingerprint density at radius 3 is 2.44 bits per heavy atom. The number of aromatic nitrogens is 1. The molecule has 1 saturated heterocycles. The zero-order chi connectivity index (χ0) is 22.6. The zero-order valence-electron chi connectivity index (χ0n) is 17.9. The normalized spacial score (nSPS) is 15.1. The number of nitrogens with one attached hydrogen (secondary N) is 1. The van der Waals surface area contributed by atoms with Crippen LogP contribution in [-0.4, -0.2) is 57.7 Å². The van der Waals surface area contributed by atoms with Crippen molar-refractivity contribution < 1.29 is 17.6 Å². The molecular formula is C23H26BrN3O4S. The Labute approximate surface area is 196 Å². The lowest BCUT2D eigenvalue weighted by Gasteiger charge is -2.26. The molecule has 1 N–H and O–H groups in total. The monoisotopic (exact) mass is 519 g/mol. The number of anilines is 1. The fourth-order valence-corrected chi connectivity index (χ4v) is 5.02. The third-order valence-corrected chi connectivity index (χ3v) is 7.52. The molecule has 9 heteroatoms. The summed E-state index contributed by atoms with van der Waals surface area (Å²) in [5.41, 5.74) is 1.83. The van der Waals surface area contributed by atoms with E-state index in [0.717, 1.165) is 54.9 Å². The van der Waals surface area contributed by atoms with Gasteiger partial charge in [-0.1, -0.05) is 33.6 Å². The summed E-state index contributed by atoms with van der Waals surface area (Å²) in [7, 11) is -3.85. The van der Waals surface area contributed by atoms with Gasteiger partial charge in [-0.15, -0.1) is 0 Å². The van der Waals surface area contributed by atoms with Crippen LogP contribution in [0.1, 0.15) is 12.0 Å². The molecule has 7 nitrogen and oxygen atoms in total. The molecule has 2 heterocycles. The Morgan fingerprint density at radius 1 is 1.06 bits per heavy atom. The number of halogens is 1. The van der Waals surface area contributed by atoms with Crippen molar-refractivity contribution in [1.82, 2.24) is 9.88 Å². The zero-order valence-corrected chi connectivity index (χ0v) is 20.3. The van der Waals surface area contributed by atoms with Crippen molar-refractivity contribution in [2.24, 2.45) is 0 Å². The van der Waals surface area contributed by atoms with E-state index in [1.165, 1.54) is 0 Å². The van der Waals surface area contributed by atoms with Crippen molar-refractivity contribution in [1.29, 1.82) is 0 Å². The molecule has 4 rings (SSSR count). The lowest BCUT2D eigenvalue weighted by Crippen LogP contribution is -2.37. The van der Waals surface area contributed by atoms with Crippen LogP contribution in [0.4, 0.5) is 5.88 Å². The molecule has 32 heavy (non-hydrogen) atoms. The molecule has 0 atom stereocenters. The number of ether oxygens (including phenoxy) is 1. The Hall–Kier alpha value is -2.20. The molecule has 0 aliphatic carbocycles. The molecule has 1 aromatic heterocycles. The molecule has 1 fully saturated rings. The van der Waals surface area contributed by atoms with Gasteiger partial charge in [-0.05, 0) is 56.3 Å². The van der Waals surface area contributed by atoms with Gasteiger partial charge < -0.3 is 14.5 Å². The number of morpholine rings is 1. The lowest BCUT2D eigenvalue weighted by molar-refractivity contribution is 0.0378. The molecule has 0 unspecified atom stereocenters. The minimum absolute atomic E-state index is 0.0956. The Balaban J connectivity index is 1.58. The van der Waals surface area contributed by atoms with Crippen LogP contribution in [0, 0.1) is 6.92 Å². The van der Waals surface area contributed by atoms with E-state index in [-0.39, 0.29) is 21.7 Å². The van der Waals surface area contributed by atoms with Crippen LogP contribution in [0.2, 0.25) is 0 Å². The minimum atomic E-state index is -3.85. The summed E-state index contributed by atoms with van der Waals surface area (Å²) in [4.78, 5) is 6.90. The quantitative estimate of drug-likeness (QED) is 0.442. The molecular weight excluding hydrogens is 494 g/mol. The summed E-state index contributed by atoms with van der Waals surface area (Å²) in [6.07, 6.45) is 0.846. The Kier molecular flexibility index (Phi) is 7.30. The smallest absolute Gasteiger partial charge is 0.233 e. The van der Waals surface area contributed by atoms with Gasteiger partial charge in [-0.3, -0.25) is 4.90 Å². The standard InChI is InChI=1S/C23H26BrN3O4S/c1-17-3-5-18(6-4-17)21-26-23(32(28,29)20-9-7-19(24)8-10-20)22(31-21)25-11-2-12-27-13-15-30-16-14-27/h3-10,25H,2,11-16H2,1H3. The first-order valence-electron chi connectivity index (χ1n) is 10.6. The topological polar surface area (TPSA) is 84.7 Å². The SMILES string of the molecule is Cc1ccc(-c2nc(S(=O)(=O)c3ccc(Br)cc3)c(NCCCN3CCOCC3)o2)cc1. The number of nitrogens with zero attached hydrogens (tertiary/aromatic N) is 2. The third kappa shape index (κ3) is 5.40.